The van der Waals surface area contributed by atoms with Crippen LogP contribution in [-0.2, 0) is 16.0 Å². The Morgan fingerprint density at radius 3 is 2.52 bits per heavy atom. The van der Waals surface area contributed by atoms with E-state index < -0.39 is 11.7 Å². The summed E-state index contributed by atoms with van der Waals surface area (Å²) in [5.74, 6) is 0.0835. The molecular formula is C23H27NO3. The molecule has 1 aliphatic carbocycles. The summed E-state index contributed by atoms with van der Waals surface area (Å²) in [7, 11) is 0. The van der Waals surface area contributed by atoms with E-state index in [4.69, 9.17) is 4.74 Å². The average molecular weight is 365 g/mol. The number of carbonyl (C=O) groups is 2. The number of rotatable bonds is 3. The van der Waals surface area contributed by atoms with E-state index in [-0.39, 0.29) is 11.9 Å². The van der Waals surface area contributed by atoms with Crippen LogP contribution in [0.5, 0.6) is 0 Å². The van der Waals surface area contributed by atoms with E-state index >= 15 is 0 Å². The predicted molar refractivity (Wildman–Crippen MR) is 106 cm³/mol. The molecule has 2 amide bonds. The third-order valence-corrected chi connectivity index (χ3v) is 4.82. The number of imide groups is 1. The van der Waals surface area contributed by atoms with E-state index in [1.807, 2.05) is 0 Å². The highest BCUT2D eigenvalue weighted by atomic mass is 16.6. The lowest BCUT2D eigenvalue weighted by atomic mass is 9.91. The third kappa shape index (κ3) is 4.57. The smallest absolute Gasteiger partial charge is 0.417 e. The minimum atomic E-state index is -0.643. The van der Waals surface area contributed by atoms with Gasteiger partial charge in [0.05, 0.1) is 6.04 Å². The van der Waals surface area contributed by atoms with Gasteiger partial charge in [0.25, 0.3) is 5.91 Å². The topological polar surface area (TPSA) is 46.6 Å². The second kappa shape index (κ2) is 7.55. The molecule has 1 saturated heterocycles. The quantitative estimate of drug-likeness (QED) is 0.714. The van der Waals surface area contributed by atoms with Gasteiger partial charge < -0.3 is 4.74 Å². The SMILES string of the molecule is C=C1C[C@@H](Cc2ccc([C@H]3C=CC=CC3)cc2)N(C(=O)OC(C)(C)C)C1=O. The molecule has 4 heteroatoms. The van der Waals surface area contributed by atoms with E-state index in [9.17, 15) is 9.59 Å². The number of benzene rings is 1. The van der Waals surface area contributed by atoms with Gasteiger partial charge in [0, 0.05) is 11.5 Å². The first-order chi connectivity index (χ1) is 12.7. The summed E-state index contributed by atoms with van der Waals surface area (Å²) < 4.78 is 5.42. The minimum Gasteiger partial charge on any atom is -0.443 e. The fourth-order valence-electron chi connectivity index (χ4n) is 3.51. The molecule has 27 heavy (non-hydrogen) atoms. The van der Waals surface area contributed by atoms with Gasteiger partial charge in [-0.05, 0) is 51.2 Å². The minimum absolute atomic E-state index is 0.247. The highest BCUT2D eigenvalue weighted by molar-refractivity contribution is 6.04. The van der Waals surface area contributed by atoms with Crippen LogP contribution in [0.25, 0.3) is 0 Å². The van der Waals surface area contributed by atoms with Crippen LogP contribution in [0, 0.1) is 0 Å². The molecule has 0 spiro atoms. The van der Waals surface area contributed by atoms with Gasteiger partial charge in [-0.3, -0.25) is 4.79 Å². The molecule has 1 aromatic rings. The summed E-state index contributed by atoms with van der Waals surface area (Å²) in [6.07, 6.45) is 10.0. The maximum absolute atomic E-state index is 12.5. The lowest BCUT2D eigenvalue weighted by molar-refractivity contribution is -0.125. The first-order valence-corrected chi connectivity index (χ1v) is 9.41. The Balaban J connectivity index is 1.72. The van der Waals surface area contributed by atoms with Gasteiger partial charge in [0.15, 0.2) is 0 Å². The Morgan fingerprint density at radius 1 is 1.22 bits per heavy atom. The third-order valence-electron chi connectivity index (χ3n) is 4.82. The lowest BCUT2D eigenvalue weighted by Gasteiger charge is -2.27. The van der Waals surface area contributed by atoms with Crippen molar-refractivity contribution in [3.8, 4) is 0 Å². The molecule has 1 fully saturated rings. The number of hydrogen-bond acceptors (Lipinski definition) is 3. The summed E-state index contributed by atoms with van der Waals surface area (Å²) in [5.41, 5.74) is 2.18. The van der Waals surface area contributed by atoms with Gasteiger partial charge >= 0.3 is 6.09 Å². The van der Waals surface area contributed by atoms with Crippen molar-refractivity contribution in [3.63, 3.8) is 0 Å². The lowest BCUT2D eigenvalue weighted by Crippen LogP contribution is -2.43. The molecule has 2 aliphatic rings. The Bertz CT molecular complexity index is 796. The van der Waals surface area contributed by atoms with Crippen molar-refractivity contribution in [2.24, 2.45) is 0 Å². The summed E-state index contributed by atoms with van der Waals surface area (Å²) in [4.78, 5) is 26.1. The zero-order valence-electron chi connectivity index (χ0n) is 16.3. The molecule has 3 rings (SSSR count). The van der Waals surface area contributed by atoms with Crippen LogP contribution in [0.4, 0.5) is 4.79 Å². The number of carbonyl (C=O) groups excluding carboxylic acids is 2. The molecule has 2 atom stereocenters. The van der Waals surface area contributed by atoms with Crippen LogP contribution in [0.1, 0.15) is 50.7 Å². The van der Waals surface area contributed by atoms with E-state index in [0.717, 1.165) is 12.0 Å². The second-order valence-electron chi connectivity index (χ2n) is 8.22. The van der Waals surface area contributed by atoms with Crippen molar-refractivity contribution in [1.82, 2.24) is 4.90 Å². The number of ether oxygens (including phenoxy) is 1. The van der Waals surface area contributed by atoms with E-state index in [2.05, 4.69) is 55.1 Å². The van der Waals surface area contributed by atoms with E-state index in [0.29, 0.717) is 24.3 Å². The van der Waals surface area contributed by atoms with E-state index in [1.54, 1.807) is 20.8 Å². The molecule has 1 aliphatic heterocycles. The van der Waals surface area contributed by atoms with Crippen molar-refractivity contribution in [2.45, 2.75) is 57.6 Å². The van der Waals surface area contributed by atoms with Crippen molar-refractivity contribution in [3.05, 3.63) is 71.8 Å². The standard InChI is InChI=1S/C23H27NO3/c1-16-14-20(24(21(16)25)22(26)27-23(2,3)4)15-17-10-12-19(13-11-17)18-8-6-5-7-9-18/h5-8,10-13,18,20H,1,9,14-15H2,2-4H3/t18-,20-/m0/s1. The highest BCUT2D eigenvalue weighted by Gasteiger charge is 2.40. The van der Waals surface area contributed by atoms with Crippen LogP contribution >= 0.6 is 0 Å². The molecule has 0 aromatic heterocycles. The summed E-state index contributed by atoms with van der Waals surface area (Å²) in [6.45, 7) is 9.20. The zero-order valence-corrected chi connectivity index (χ0v) is 16.3. The van der Waals surface area contributed by atoms with Crippen LogP contribution in [0.15, 0.2) is 60.7 Å². The van der Waals surface area contributed by atoms with Gasteiger partial charge in [0.2, 0.25) is 0 Å². The van der Waals surface area contributed by atoms with Crippen LogP contribution in [0.3, 0.4) is 0 Å². The number of likely N-dealkylation sites (tertiary alicyclic amines) is 1. The zero-order chi connectivity index (χ0) is 19.6. The number of amides is 2. The van der Waals surface area contributed by atoms with Gasteiger partial charge in [0.1, 0.15) is 5.60 Å². The number of allylic oxidation sites excluding steroid dienone is 4. The van der Waals surface area contributed by atoms with E-state index in [1.165, 1.54) is 10.5 Å². The largest absolute Gasteiger partial charge is 0.443 e. The predicted octanol–water partition coefficient (Wildman–Crippen LogP) is 4.92. The first-order valence-electron chi connectivity index (χ1n) is 9.41. The molecule has 0 saturated carbocycles. The summed E-state index contributed by atoms with van der Waals surface area (Å²) in [6, 6.07) is 8.18. The molecular weight excluding hydrogens is 338 g/mol. The Labute approximate surface area is 161 Å². The molecule has 142 valence electrons. The molecule has 1 aromatic carbocycles. The molecule has 0 unspecified atom stereocenters. The normalized spacial score (nSPS) is 22.4. The maximum atomic E-state index is 12.5. The molecule has 0 bridgehead atoms. The monoisotopic (exact) mass is 365 g/mol. The maximum Gasteiger partial charge on any atom is 0.417 e. The fourth-order valence-corrected chi connectivity index (χ4v) is 3.51. The average Bonchev–Trinajstić information content (AvgIpc) is 2.89. The van der Waals surface area contributed by atoms with Gasteiger partial charge in [-0.25, -0.2) is 9.69 Å². The van der Waals surface area contributed by atoms with Crippen molar-refractivity contribution in [1.29, 1.82) is 0 Å². The summed E-state index contributed by atoms with van der Waals surface area (Å²) in [5, 5.41) is 0. The van der Waals surface area contributed by atoms with Crippen molar-refractivity contribution >= 4 is 12.0 Å². The van der Waals surface area contributed by atoms with Gasteiger partial charge in [-0.15, -0.1) is 0 Å². The van der Waals surface area contributed by atoms with Crippen molar-refractivity contribution < 1.29 is 14.3 Å². The Kier molecular flexibility index (Phi) is 5.36. The first kappa shape index (κ1) is 19.2. The fraction of sp³-hybridized carbons (Fsp3) is 0.391. The Morgan fingerprint density at radius 2 is 1.93 bits per heavy atom. The Hall–Kier alpha value is -2.62. The van der Waals surface area contributed by atoms with Gasteiger partial charge in [-0.2, -0.15) is 0 Å². The number of nitrogens with zero attached hydrogens (tertiary/aromatic N) is 1. The van der Waals surface area contributed by atoms with Crippen LogP contribution in [-0.4, -0.2) is 28.5 Å². The summed E-state index contributed by atoms with van der Waals surface area (Å²) >= 11 is 0. The van der Waals surface area contributed by atoms with Crippen molar-refractivity contribution in [2.75, 3.05) is 0 Å². The second-order valence-corrected chi connectivity index (χ2v) is 8.22. The molecule has 1 heterocycles. The van der Waals surface area contributed by atoms with Gasteiger partial charge in [-0.1, -0.05) is 55.1 Å². The van der Waals surface area contributed by atoms with Crippen LogP contribution < -0.4 is 0 Å². The highest BCUT2D eigenvalue weighted by Crippen LogP contribution is 2.29. The molecule has 0 N–H and O–H groups in total. The van der Waals surface area contributed by atoms with Crippen LogP contribution in [0.2, 0.25) is 0 Å². The molecule has 0 radical (unpaired) electrons. The number of hydrogen-bond donors (Lipinski definition) is 0. The molecule has 4 nitrogen and oxygen atoms in total.